The molecule has 7 nitrogen and oxygen atoms in total. The predicted octanol–water partition coefficient (Wildman–Crippen LogP) is 4.37. The topological polar surface area (TPSA) is 93.1 Å². The first-order valence-corrected chi connectivity index (χ1v) is 11.7. The van der Waals surface area contributed by atoms with Crippen LogP contribution in [0.25, 0.3) is 28.0 Å². The molecule has 1 unspecified atom stereocenters. The summed E-state index contributed by atoms with van der Waals surface area (Å²) in [5.41, 5.74) is 12.0. The molecule has 1 saturated heterocycles. The van der Waals surface area contributed by atoms with Crippen molar-refractivity contribution in [2.45, 2.75) is 45.3 Å². The average Bonchev–Trinajstić information content (AvgIpc) is 3.54. The summed E-state index contributed by atoms with van der Waals surface area (Å²) in [6.45, 7) is 4.11. The Labute approximate surface area is 193 Å². The number of benzene rings is 1. The molecule has 3 aromatic heterocycles. The molecule has 0 aliphatic carbocycles. The van der Waals surface area contributed by atoms with Crippen LogP contribution >= 0.6 is 0 Å². The smallest absolute Gasteiger partial charge is 0.154 e. The largest absolute Gasteiger partial charge is 0.390 e. The normalized spacial score (nSPS) is 14.8. The molecular weight excluding hydrogens is 412 g/mol. The number of aromatic nitrogens is 4. The summed E-state index contributed by atoms with van der Waals surface area (Å²) in [4.78, 5) is 11.9. The molecule has 1 atom stereocenters. The second-order valence-electron chi connectivity index (χ2n) is 8.67. The van der Waals surface area contributed by atoms with E-state index in [4.69, 9.17) is 10.7 Å². The zero-order valence-electron chi connectivity index (χ0n) is 19.0. The molecule has 33 heavy (non-hydrogen) atoms. The van der Waals surface area contributed by atoms with Crippen LogP contribution in [-0.2, 0) is 6.61 Å². The first-order chi connectivity index (χ1) is 16.2. The lowest BCUT2D eigenvalue weighted by atomic mass is 10.0. The van der Waals surface area contributed by atoms with E-state index in [2.05, 4.69) is 34.0 Å². The Balaban J connectivity index is 1.67. The van der Waals surface area contributed by atoms with Crippen LogP contribution < -0.4 is 10.6 Å². The number of aliphatic hydroxyl groups excluding tert-OH is 1. The lowest BCUT2D eigenvalue weighted by Crippen LogP contribution is -2.18. The number of nitrogens with two attached hydrogens (primary N) is 1. The standard InChI is InChI=1S/C26H30N6O/c1-2-7-21(27)23-10-6-9-22(30-23)18-14-24(31-12-3-4-13-31)20-16-28-32(25(20)15-18)26-11-5-8-19(17-33)29-26/h5-6,8-11,14-16,21,33H,2-4,7,12-13,17,27H2,1H3. The SMILES string of the molecule is CCCC(N)c1cccc(-c2cc(N3CCCC3)c3cnn(-c4cccc(CO)n4)c3c2)n1. The lowest BCUT2D eigenvalue weighted by Gasteiger charge is -2.20. The van der Waals surface area contributed by atoms with Gasteiger partial charge < -0.3 is 15.7 Å². The van der Waals surface area contributed by atoms with Crippen LogP contribution in [0, 0.1) is 0 Å². The van der Waals surface area contributed by atoms with E-state index in [0.29, 0.717) is 11.5 Å². The third-order valence-electron chi connectivity index (χ3n) is 6.33. The number of hydrogen-bond acceptors (Lipinski definition) is 6. The van der Waals surface area contributed by atoms with Crippen LogP contribution in [0.2, 0.25) is 0 Å². The molecule has 3 N–H and O–H groups in total. The molecule has 1 aromatic carbocycles. The molecule has 0 radical (unpaired) electrons. The van der Waals surface area contributed by atoms with Gasteiger partial charge in [0.2, 0.25) is 0 Å². The highest BCUT2D eigenvalue weighted by Gasteiger charge is 2.20. The Bertz CT molecular complexity index is 1260. The van der Waals surface area contributed by atoms with E-state index in [1.165, 1.54) is 18.5 Å². The summed E-state index contributed by atoms with van der Waals surface area (Å²) in [6, 6.07) is 16.0. The molecule has 5 rings (SSSR count). The third-order valence-corrected chi connectivity index (χ3v) is 6.33. The fraction of sp³-hybridized carbons (Fsp3) is 0.346. The predicted molar refractivity (Wildman–Crippen MR) is 131 cm³/mol. The van der Waals surface area contributed by atoms with Gasteiger partial charge in [0, 0.05) is 35.8 Å². The second-order valence-corrected chi connectivity index (χ2v) is 8.67. The van der Waals surface area contributed by atoms with Crippen LogP contribution in [-0.4, -0.2) is 37.9 Å². The number of anilines is 1. The molecule has 0 spiro atoms. The molecule has 0 saturated carbocycles. The third kappa shape index (κ3) is 4.21. The molecule has 0 amide bonds. The molecular formula is C26H30N6O. The van der Waals surface area contributed by atoms with Crippen molar-refractivity contribution in [3.05, 3.63) is 66.1 Å². The van der Waals surface area contributed by atoms with Crippen LogP contribution in [0.5, 0.6) is 0 Å². The number of hydrogen-bond donors (Lipinski definition) is 2. The van der Waals surface area contributed by atoms with Gasteiger partial charge in [-0.15, -0.1) is 0 Å². The Morgan fingerprint density at radius 3 is 2.67 bits per heavy atom. The first kappa shape index (κ1) is 21.6. The molecule has 1 aliphatic rings. The summed E-state index contributed by atoms with van der Waals surface area (Å²) < 4.78 is 1.85. The molecule has 7 heteroatoms. The van der Waals surface area contributed by atoms with E-state index in [1.807, 2.05) is 47.3 Å². The second kappa shape index (κ2) is 9.29. The summed E-state index contributed by atoms with van der Waals surface area (Å²) in [5.74, 6) is 0.688. The fourth-order valence-corrected chi connectivity index (χ4v) is 4.61. The van der Waals surface area contributed by atoms with Gasteiger partial charge in [0.05, 0.1) is 35.4 Å². The highest BCUT2D eigenvalue weighted by Crippen LogP contribution is 2.35. The Morgan fingerprint density at radius 2 is 1.88 bits per heavy atom. The maximum atomic E-state index is 9.54. The summed E-state index contributed by atoms with van der Waals surface area (Å²) in [7, 11) is 0. The maximum Gasteiger partial charge on any atom is 0.154 e. The van der Waals surface area contributed by atoms with Crippen LogP contribution in [0.1, 0.15) is 50.0 Å². The van der Waals surface area contributed by atoms with Gasteiger partial charge in [0.25, 0.3) is 0 Å². The van der Waals surface area contributed by atoms with Gasteiger partial charge in [0.1, 0.15) is 0 Å². The van der Waals surface area contributed by atoms with Gasteiger partial charge >= 0.3 is 0 Å². The van der Waals surface area contributed by atoms with Gasteiger partial charge in [-0.1, -0.05) is 25.5 Å². The van der Waals surface area contributed by atoms with Gasteiger partial charge in [-0.3, -0.25) is 4.98 Å². The van der Waals surface area contributed by atoms with E-state index < -0.39 is 0 Å². The van der Waals surface area contributed by atoms with Crippen molar-refractivity contribution in [1.82, 2.24) is 19.7 Å². The quantitative estimate of drug-likeness (QED) is 0.441. The molecule has 4 heterocycles. The zero-order chi connectivity index (χ0) is 22.8. The highest BCUT2D eigenvalue weighted by molar-refractivity contribution is 5.96. The average molecular weight is 443 g/mol. The van der Waals surface area contributed by atoms with Crippen molar-refractivity contribution < 1.29 is 5.11 Å². The minimum Gasteiger partial charge on any atom is -0.390 e. The van der Waals surface area contributed by atoms with Gasteiger partial charge in [-0.05, 0) is 55.7 Å². The highest BCUT2D eigenvalue weighted by atomic mass is 16.3. The number of rotatable bonds is 7. The minimum atomic E-state index is -0.105. The summed E-state index contributed by atoms with van der Waals surface area (Å²) in [6.07, 6.45) is 6.24. The number of nitrogens with zero attached hydrogens (tertiary/aromatic N) is 5. The van der Waals surface area contributed by atoms with Crippen molar-refractivity contribution in [3.63, 3.8) is 0 Å². The Kier molecular flexibility index (Phi) is 6.07. The number of aliphatic hydroxyl groups is 1. The maximum absolute atomic E-state index is 9.54. The molecule has 0 bridgehead atoms. The molecule has 170 valence electrons. The van der Waals surface area contributed by atoms with Crippen molar-refractivity contribution in [2.24, 2.45) is 5.73 Å². The van der Waals surface area contributed by atoms with Gasteiger partial charge in [-0.2, -0.15) is 5.10 Å². The monoisotopic (exact) mass is 442 g/mol. The molecule has 1 aliphatic heterocycles. The van der Waals surface area contributed by atoms with E-state index in [0.717, 1.165) is 53.8 Å². The lowest BCUT2D eigenvalue weighted by molar-refractivity contribution is 0.276. The van der Waals surface area contributed by atoms with Crippen LogP contribution in [0.15, 0.2) is 54.7 Å². The summed E-state index contributed by atoms with van der Waals surface area (Å²) >= 11 is 0. The van der Waals surface area contributed by atoms with E-state index in [-0.39, 0.29) is 12.6 Å². The Morgan fingerprint density at radius 1 is 1.06 bits per heavy atom. The molecule has 1 fully saturated rings. The van der Waals surface area contributed by atoms with Gasteiger partial charge in [-0.25, -0.2) is 9.67 Å². The number of fused-ring (bicyclic) bond motifs is 1. The van der Waals surface area contributed by atoms with Crippen molar-refractivity contribution in [3.8, 4) is 17.1 Å². The van der Waals surface area contributed by atoms with Crippen molar-refractivity contribution in [2.75, 3.05) is 18.0 Å². The van der Waals surface area contributed by atoms with Crippen molar-refractivity contribution >= 4 is 16.6 Å². The van der Waals surface area contributed by atoms with Crippen molar-refractivity contribution in [1.29, 1.82) is 0 Å². The van der Waals surface area contributed by atoms with E-state index in [1.54, 1.807) is 0 Å². The van der Waals surface area contributed by atoms with Gasteiger partial charge in [0.15, 0.2) is 5.82 Å². The van der Waals surface area contributed by atoms with Crippen LogP contribution in [0.4, 0.5) is 5.69 Å². The minimum absolute atomic E-state index is 0.0623. The Hall–Kier alpha value is -3.29. The zero-order valence-corrected chi connectivity index (χ0v) is 19.0. The fourth-order valence-electron chi connectivity index (χ4n) is 4.61. The summed E-state index contributed by atoms with van der Waals surface area (Å²) in [5, 5.41) is 15.3. The first-order valence-electron chi connectivity index (χ1n) is 11.7. The van der Waals surface area contributed by atoms with E-state index >= 15 is 0 Å². The molecule has 4 aromatic rings. The van der Waals surface area contributed by atoms with E-state index in [9.17, 15) is 5.11 Å². The number of pyridine rings is 2. The van der Waals surface area contributed by atoms with Crippen LogP contribution in [0.3, 0.4) is 0 Å².